The van der Waals surface area contributed by atoms with Gasteiger partial charge in [-0.15, -0.1) is 0 Å². The van der Waals surface area contributed by atoms with Gasteiger partial charge < -0.3 is 15.8 Å². The summed E-state index contributed by atoms with van der Waals surface area (Å²) < 4.78 is 4.64. The summed E-state index contributed by atoms with van der Waals surface area (Å²) in [6.45, 7) is 2.88. The lowest BCUT2D eigenvalue weighted by Crippen LogP contribution is -2.15. The zero-order chi connectivity index (χ0) is 12.8. The second-order valence-electron chi connectivity index (χ2n) is 3.58. The summed E-state index contributed by atoms with van der Waals surface area (Å²) in [5.74, 6) is 0.173. The highest BCUT2D eigenvalue weighted by molar-refractivity contribution is 7.99. The maximum atomic E-state index is 11.4. The van der Waals surface area contributed by atoms with E-state index in [9.17, 15) is 4.79 Å². The molecule has 0 aliphatic rings. The summed E-state index contributed by atoms with van der Waals surface area (Å²) in [5.41, 5.74) is 6.31. The zero-order valence-electron chi connectivity index (χ0n) is 10.2. The van der Waals surface area contributed by atoms with Crippen molar-refractivity contribution >= 4 is 29.2 Å². The average molecular weight is 255 g/mol. The second-order valence-corrected chi connectivity index (χ2v) is 4.85. The number of nitrogens with zero attached hydrogens (tertiary/aromatic N) is 1. The van der Waals surface area contributed by atoms with Gasteiger partial charge in [0.25, 0.3) is 0 Å². The van der Waals surface area contributed by atoms with E-state index in [1.54, 1.807) is 17.8 Å². The van der Waals surface area contributed by atoms with Crippen LogP contribution >= 0.6 is 11.8 Å². The molecule has 0 fully saturated rings. The Hall–Kier alpha value is -1.43. The van der Waals surface area contributed by atoms with Crippen molar-refractivity contribution in [3.8, 4) is 0 Å². The number of nitrogens with one attached hydrogen (secondary N) is 1. The van der Waals surface area contributed by atoms with Crippen molar-refractivity contribution in [1.82, 2.24) is 4.98 Å². The number of rotatable bonds is 5. The normalized spacial score (nSPS) is 11.9. The molecule has 0 aromatic carbocycles. The van der Waals surface area contributed by atoms with Gasteiger partial charge in [0.15, 0.2) is 0 Å². The fraction of sp³-hybridized carbons (Fsp3) is 0.455. The van der Waals surface area contributed by atoms with Crippen LogP contribution in [0.3, 0.4) is 0 Å². The minimum absolute atomic E-state index is 0.320. The summed E-state index contributed by atoms with van der Waals surface area (Å²) in [7, 11) is 1.32. The molecular formula is C11H17N3O2S. The van der Waals surface area contributed by atoms with E-state index in [4.69, 9.17) is 5.73 Å². The Kier molecular flexibility index (Phi) is 5.09. The van der Waals surface area contributed by atoms with Crippen molar-refractivity contribution in [3.05, 3.63) is 17.8 Å². The lowest BCUT2D eigenvalue weighted by Gasteiger charge is -2.11. The smallest absolute Gasteiger partial charge is 0.340 e. The van der Waals surface area contributed by atoms with Crippen LogP contribution in [-0.4, -0.2) is 36.1 Å². The van der Waals surface area contributed by atoms with Gasteiger partial charge in [0.1, 0.15) is 5.82 Å². The lowest BCUT2D eigenvalue weighted by molar-refractivity contribution is 0.0602. The van der Waals surface area contributed by atoms with Gasteiger partial charge in [-0.25, -0.2) is 9.78 Å². The molecule has 1 unspecified atom stereocenters. The summed E-state index contributed by atoms with van der Waals surface area (Å²) in [4.78, 5) is 15.5. The molecule has 0 bridgehead atoms. The number of carbonyl (C=O) groups is 1. The molecule has 1 heterocycles. The number of hydrogen-bond acceptors (Lipinski definition) is 6. The number of hydrogen-bond donors (Lipinski definition) is 2. The summed E-state index contributed by atoms with van der Waals surface area (Å²) >= 11 is 1.76. The molecule has 0 amide bonds. The summed E-state index contributed by atoms with van der Waals surface area (Å²) in [6, 6.07) is 1.61. The van der Waals surface area contributed by atoms with Crippen LogP contribution < -0.4 is 11.1 Å². The molecule has 3 N–H and O–H groups in total. The van der Waals surface area contributed by atoms with Crippen LogP contribution in [0.2, 0.25) is 0 Å². The van der Waals surface area contributed by atoms with Gasteiger partial charge in [-0.2, -0.15) is 11.8 Å². The quantitative estimate of drug-likeness (QED) is 0.778. The molecular weight excluding hydrogens is 238 g/mol. The van der Waals surface area contributed by atoms with Gasteiger partial charge in [-0.05, 0) is 12.3 Å². The molecule has 5 nitrogen and oxygen atoms in total. The summed E-state index contributed by atoms with van der Waals surface area (Å²) in [5, 5.41) is 3.62. The van der Waals surface area contributed by atoms with Crippen molar-refractivity contribution < 1.29 is 9.53 Å². The molecule has 0 aliphatic carbocycles. The third-order valence-corrected chi connectivity index (χ3v) is 3.28. The number of methoxy groups -OCH3 is 1. The highest BCUT2D eigenvalue weighted by Gasteiger charge is 2.11. The van der Waals surface area contributed by atoms with Crippen LogP contribution in [0.1, 0.15) is 17.3 Å². The Morgan fingerprint density at radius 2 is 2.41 bits per heavy atom. The van der Waals surface area contributed by atoms with Crippen molar-refractivity contribution in [2.45, 2.75) is 12.2 Å². The molecule has 1 aromatic rings. The molecule has 0 saturated heterocycles. The Morgan fingerprint density at radius 3 is 3.00 bits per heavy atom. The molecule has 0 spiro atoms. The Bertz CT molecular complexity index is 398. The number of ether oxygens (including phenoxy) is 1. The van der Waals surface area contributed by atoms with Gasteiger partial charge in [0.2, 0.25) is 0 Å². The molecule has 94 valence electrons. The number of aromatic nitrogens is 1. The average Bonchev–Trinajstić information content (AvgIpc) is 2.36. The number of nitrogens with two attached hydrogens (primary N) is 1. The molecule has 1 rings (SSSR count). The minimum Gasteiger partial charge on any atom is -0.465 e. The Labute approximate surface area is 105 Å². The maximum Gasteiger partial charge on any atom is 0.340 e. The largest absolute Gasteiger partial charge is 0.465 e. The number of carbonyl (C=O) groups excluding carboxylic acids is 1. The monoisotopic (exact) mass is 255 g/mol. The van der Waals surface area contributed by atoms with Crippen LogP contribution in [0, 0.1) is 0 Å². The molecule has 1 atom stereocenters. The predicted octanol–water partition coefficient (Wildman–Crippen LogP) is 1.61. The van der Waals surface area contributed by atoms with Crippen LogP contribution in [0.5, 0.6) is 0 Å². The fourth-order valence-electron chi connectivity index (χ4n) is 1.18. The number of nitrogen functional groups attached to an aromatic ring is 1. The minimum atomic E-state index is -0.453. The standard InChI is InChI=1S/C11H17N3O2S/c1-7(17-3)5-13-10-4-8(11(15)16-2)9(12)6-14-10/h4,6-7H,5,12H2,1-3H3,(H,13,14). The van der Waals surface area contributed by atoms with E-state index in [2.05, 4.69) is 22.0 Å². The predicted molar refractivity (Wildman–Crippen MR) is 71.5 cm³/mol. The molecule has 17 heavy (non-hydrogen) atoms. The van der Waals surface area contributed by atoms with Crippen LogP contribution in [0.25, 0.3) is 0 Å². The van der Waals surface area contributed by atoms with Crippen molar-refractivity contribution in [2.75, 3.05) is 31.0 Å². The van der Waals surface area contributed by atoms with Crippen molar-refractivity contribution in [2.24, 2.45) is 0 Å². The number of esters is 1. The molecule has 0 radical (unpaired) electrons. The van der Waals surface area contributed by atoms with Gasteiger partial charge in [0, 0.05) is 11.8 Å². The van der Waals surface area contributed by atoms with E-state index in [1.807, 2.05) is 6.26 Å². The van der Waals surface area contributed by atoms with Crippen molar-refractivity contribution in [1.29, 1.82) is 0 Å². The first-order valence-electron chi connectivity index (χ1n) is 5.19. The van der Waals surface area contributed by atoms with Gasteiger partial charge >= 0.3 is 5.97 Å². The van der Waals surface area contributed by atoms with E-state index in [1.165, 1.54) is 13.3 Å². The van der Waals surface area contributed by atoms with Gasteiger partial charge in [-0.1, -0.05) is 6.92 Å². The first-order chi connectivity index (χ1) is 8.08. The van der Waals surface area contributed by atoms with Crippen LogP contribution in [0.4, 0.5) is 11.5 Å². The van der Waals surface area contributed by atoms with Crippen LogP contribution in [0.15, 0.2) is 12.3 Å². The van der Waals surface area contributed by atoms with E-state index in [-0.39, 0.29) is 0 Å². The first kappa shape index (κ1) is 13.6. The van der Waals surface area contributed by atoms with Crippen molar-refractivity contribution in [3.63, 3.8) is 0 Å². The zero-order valence-corrected chi connectivity index (χ0v) is 11.0. The molecule has 6 heteroatoms. The highest BCUT2D eigenvalue weighted by Crippen LogP contribution is 2.16. The third-order valence-electron chi connectivity index (χ3n) is 2.31. The second kappa shape index (κ2) is 6.34. The van der Waals surface area contributed by atoms with E-state index in [0.717, 1.165) is 6.54 Å². The number of thioether (sulfide) groups is 1. The van der Waals surface area contributed by atoms with E-state index < -0.39 is 5.97 Å². The highest BCUT2D eigenvalue weighted by atomic mass is 32.2. The molecule has 1 aromatic heterocycles. The maximum absolute atomic E-state index is 11.4. The Balaban J connectivity index is 2.78. The fourth-order valence-corrected chi connectivity index (χ4v) is 1.43. The van der Waals surface area contributed by atoms with Crippen LogP contribution in [-0.2, 0) is 4.74 Å². The van der Waals surface area contributed by atoms with Gasteiger partial charge in [0.05, 0.1) is 24.6 Å². The van der Waals surface area contributed by atoms with E-state index in [0.29, 0.717) is 22.3 Å². The third kappa shape index (κ3) is 3.81. The molecule has 0 saturated carbocycles. The summed E-state index contributed by atoms with van der Waals surface area (Å²) in [6.07, 6.45) is 3.50. The number of pyridine rings is 1. The van der Waals surface area contributed by atoms with E-state index >= 15 is 0 Å². The van der Waals surface area contributed by atoms with Gasteiger partial charge in [-0.3, -0.25) is 0 Å². The Morgan fingerprint density at radius 1 is 1.71 bits per heavy atom. The number of anilines is 2. The SMILES string of the molecule is COC(=O)c1cc(NCC(C)SC)ncc1N. The topological polar surface area (TPSA) is 77.2 Å². The molecule has 0 aliphatic heterocycles. The lowest BCUT2D eigenvalue weighted by atomic mass is 10.2. The first-order valence-corrected chi connectivity index (χ1v) is 6.47.